The lowest BCUT2D eigenvalue weighted by Gasteiger charge is -2.33. The highest BCUT2D eigenvalue weighted by Gasteiger charge is 2.29. The van der Waals surface area contributed by atoms with E-state index in [1.54, 1.807) is 0 Å². The molecule has 0 spiro atoms. The predicted octanol–water partition coefficient (Wildman–Crippen LogP) is 3.14. The van der Waals surface area contributed by atoms with Crippen molar-refractivity contribution >= 4 is 21.8 Å². The van der Waals surface area contributed by atoms with Crippen LogP contribution in [0.3, 0.4) is 0 Å². The van der Waals surface area contributed by atoms with E-state index < -0.39 is 0 Å². The first-order valence-electron chi connectivity index (χ1n) is 7.15. The quantitative estimate of drug-likeness (QED) is 0.918. The highest BCUT2D eigenvalue weighted by atomic mass is 79.9. The molecule has 4 heteroatoms. The monoisotopic (exact) mass is 338 g/mol. The topological polar surface area (TPSA) is 32.3 Å². The van der Waals surface area contributed by atoms with Gasteiger partial charge in [-0.1, -0.05) is 28.1 Å². The number of hydrogen-bond acceptors (Lipinski definition) is 2. The van der Waals surface area contributed by atoms with Gasteiger partial charge in [-0.3, -0.25) is 4.79 Å². The molecule has 1 fully saturated rings. The molecule has 1 atom stereocenters. The Hall–Kier alpha value is -0.870. The summed E-state index contributed by atoms with van der Waals surface area (Å²) in [5, 5.41) is 3.20. The van der Waals surface area contributed by atoms with Crippen molar-refractivity contribution in [3.05, 3.63) is 34.3 Å². The van der Waals surface area contributed by atoms with Crippen molar-refractivity contribution in [1.29, 1.82) is 0 Å². The molecule has 0 aliphatic carbocycles. The van der Waals surface area contributed by atoms with Crippen LogP contribution in [0.25, 0.3) is 0 Å². The zero-order valence-electron chi connectivity index (χ0n) is 12.4. The van der Waals surface area contributed by atoms with Gasteiger partial charge in [0, 0.05) is 11.0 Å². The highest BCUT2D eigenvalue weighted by molar-refractivity contribution is 9.10. The number of piperidine rings is 1. The standard InChI is InChI=1S/C16H23BrN2O/c1-16(2,13-6-8-14(17)9-7-13)18-15(20)12-5-4-10-19(3)11-12/h6-9,12H,4-5,10-11H2,1-3H3,(H,18,20)/t12-/m0/s1. The third-order valence-electron chi connectivity index (χ3n) is 4.00. The van der Waals surface area contributed by atoms with Crippen LogP contribution < -0.4 is 5.32 Å². The zero-order chi connectivity index (χ0) is 14.8. The molecular formula is C16H23BrN2O. The molecule has 2 rings (SSSR count). The number of nitrogens with one attached hydrogen (secondary N) is 1. The average molecular weight is 339 g/mol. The molecule has 1 aromatic carbocycles. The Morgan fingerprint density at radius 2 is 2.00 bits per heavy atom. The minimum absolute atomic E-state index is 0.114. The largest absolute Gasteiger partial charge is 0.347 e. The fourth-order valence-electron chi connectivity index (χ4n) is 2.73. The molecule has 1 N–H and O–H groups in total. The summed E-state index contributed by atoms with van der Waals surface area (Å²) in [6.07, 6.45) is 2.10. The second-order valence-electron chi connectivity index (χ2n) is 6.22. The minimum Gasteiger partial charge on any atom is -0.347 e. The van der Waals surface area contributed by atoms with Gasteiger partial charge in [0.15, 0.2) is 0 Å². The van der Waals surface area contributed by atoms with E-state index in [-0.39, 0.29) is 17.4 Å². The smallest absolute Gasteiger partial charge is 0.225 e. The Morgan fingerprint density at radius 1 is 1.35 bits per heavy atom. The number of rotatable bonds is 3. The van der Waals surface area contributed by atoms with Crippen LogP contribution in [-0.2, 0) is 10.3 Å². The molecular weight excluding hydrogens is 316 g/mol. The lowest BCUT2D eigenvalue weighted by molar-refractivity contribution is -0.128. The van der Waals surface area contributed by atoms with Crippen LogP contribution >= 0.6 is 15.9 Å². The van der Waals surface area contributed by atoms with Crippen LogP contribution in [-0.4, -0.2) is 30.9 Å². The lowest BCUT2D eigenvalue weighted by atomic mass is 9.91. The van der Waals surface area contributed by atoms with Gasteiger partial charge in [-0.05, 0) is 58.0 Å². The van der Waals surface area contributed by atoms with Crippen LogP contribution in [0.2, 0.25) is 0 Å². The maximum absolute atomic E-state index is 12.5. The van der Waals surface area contributed by atoms with E-state index in [4.69, 9.17) is 0 Å². The van der Waals surface area contributed by atoms with Gasteiger partial charge in [0.05, 0.1) is 11.5 Å². The van der Waals surface area contributed by atoms with Crippen LogP contribution in [0.15, 0.2) is 28.7 Å². The maximum atomic E-state index is 12.5. The van der Waals surface area contributed by atoms with Crippen molar-refractivity contribution < 1.29 is 4.79 Å². The minimum atomic E-state index is -0.339. The molecule has 1 aliphatic heterocycles. The number of nitrogens with zero attached hydrogens (tertiary/aromatic N) is 1. The van der Waals surface area contributed by atoms with E-state index in [0.29, 0.717) is 0 Å². The molecule has 1 aliphatic rings. The van der Waals surface area contributed by atoms with Gasteiger partial charge >= 0.3 is 0 Å². The van der Waals surface area contributed by atoms with Crippen LogP contribution in [0.1, 0.15) is 32.3 Å². The summed E-state index contributed by atoms with van der Waals surface area (Å²) in [5.41, 5.74) is 0.784. The van der Waals surface area contributed by atoms with E-state index in [2.05, 4.69) is 59.2 Å². The summed E-state index contributed by atoms with van der Waals surface area (Å²) < 4.78 is 1.05. The fraction of sp³-hybridized carbons (Fsp3) is 0.562. The van der Waals surface area contributed by atoms with Gasteiger partial charge in [0.1, 0.15) is 0 Å². The average Bonchev–Trinajstić information content (AvgIpc) is 2.38. The van der Waals surface area contributed by atoms with Gasteiger partial charge in [-0.25, -0.2) is 0 Å². The Morgan fingerprint density at radius 3 is 2.60 bits per heavy atom. The van der Waals surface area contributed by atoms with Gasteiger partial charge in [-0.2, -0.15) is 0 Å². The summed E-state index contributed by atoms with van der Waals surface area (Å²) in [7, 11) is 2.08. The molecule has 20 heavy (non-hydrogen) atoms. The Labute approximate surface area is 129 Å². The van der Waals surface area contributed by atoms with E-state index in [9.17, 15) is 4.79 Å². The zero-order valence-corrected chi connectivity index (χ0v) is 14.0. The molecule has 0 unspecified atom stereocenters. The van der Waals surface area contributed by atoms with Crippen molar-refractivity contribution in [2.75, 3.05) is 20.1 Å². The highest BCUT2D eigenvalue weighted by Crippen LogP contribution is 2.24. The maximum Gasteiger partial charge on any atom is 0.225 e. The molecule has 0 aromatic heterocycles. The van der Waals surface area contributed by atoms with Crippen molar-refractivity contribution in [3.63, 3.8) is 0 Å². The number of amides is 1. The molecule has 0 bridgehead atoms. The first-order chi connectivity index (χ1) is 9.38. The molecule has 0 saturated carbocycles. The normalized spacial score (nSPS) is 20.7. The number of hydrogen-bond donors (Lipinski definition) is 1. The number of carbonyl (C=O) groups excluding carboxylic acids is 1. The fourth-order valence-corrected chi connectivity index (χ4v) is 2.99. The van der Waals surface area contributed by atoms with Crippen molar-refractivity contribution in [1.82, 2.24) is 10.2 Å². The number of halogens is 1. The first-order valence-corrected chi connectivity index (χ1v) is 7.94. The number of likely N-dealkylation sites (tertiary alicyclic amines) is 1. The van der Waals surface area contributed by atoms with E-state index >= 15 is 0 Å². The third kappa shape index (κ3) is 3.83. The van der Waals surface area contributed by atoms with Gasteiger partial charge in [-0.15, -0.1) is 0 Å². The Kier molecular flexibility index (Phi) is 4.86. The molecule has 110 valence electrons. The second kappa shape index (κ2) is 6.27. The van der Waals surface area contributed by atoms with Crippen molar-refractivity contribution in [3.8, 4) is 0 Å². The number of benzene rings is 1. The lowest BCUT2D eigenvalue weighted by Crippen LogP contribution is -2.48. The van der Waals surface area contributed by atoms with Gasteiger partial charge < -0.3 is 10.2 Å². The van der Waals surface area contributed by atoms with Crippen LogP contribution in [0.4, 0.5) is 0 Å². The summed E-state index contributed by atoms with van der Waals surface area (Å²) in [6, 6.07) is 8.13. The van der Waals surface area contributed by atoms with Crippen LogP contribution in [0.5, 0.6) is 0 Å². The Bertz CT molecular complexity index is 470. The molecule has 1 amide bonds. The van der Waals surface area contributed by atoms with Crippen molar-refractivity contribution in [2.24, 2.45) is 5.92 Å². The third-order valence-corrected chi connectivity index (χ3v) is 4.53. The summed E-state index contributed by atoms with van der Waals surface area (Å²) >= 11 is 3.44. The molecule has 0 radical (unpaired) electrons. The van der Waals surface area contributed by atoms with E-state index in [1.807, 2.05) is 12.1 Å². The van der Waals surface area contributed by atoms with Crippen LogP contribution in [0, 0.1) is 5.92 Å². The summed E-state index contributed by atoms with van der Waals surface area (Å²) in [5.74, 6) is 0.285. The van der Waals surface area contributed by atoms with Gasteiger partial charge in [0.2, 0.25) is 5.91 Å². The molecule has 1 saturated heterocycles. The van der Waals surface area contributed by atoms with Crippen molar-refractivity contribution in [2.45, 2.75) is 32.2 Å². The Balaban J connectivity index is 2.03. The van der Waals surface area contributed by atoms with E-state index in [1.165, 1.54) is 0 Å². The first kappa shape index (κ1) is 15.5. The summed E-state index contributed by atoms with van der Waals surface area (Å²) in [6.45, 7) is 6.07. The molecule has 1 heterocycles. The SMILES string of the molecule is CN1CCC[C@H](C(=O)NC(C)(C)c2ccc(Br)cc2)C1. The summed E-state index contributed by atoms with van der Waals surface area (Å²) in [4.78, 5) is 14.7. The van der Waals surface area contributed by atoms with Gasteiger partial charge in [0.25, 0.3) is 0 Å². The molecule has 3 nitrogen and oxygen atoms in total. The molecule has 1 aromatic rings. The second-order valence-corrected chi connectivity index (χ2v) is 7.14. The van der Waals surface area contributed by atoms with E-state index in [0.717, 1.165) is 36.0 Å². The predicted molar refractivity (Wildman–Crippen MR) is 85.5 cm³/mol. The number of carbonyl (C=O) groups is 1.